The van der Waals surface area contributed by atoms with Gasteiger partial charge < -0.3 is 9.47 Å². The van der Waals surface area contributed by atoms with E-state index in [4.69, 9.17) is 11.6 Å². The number of hydrogen-bond donors (Lipinski definition) is 0. The molecule has 0 aliphatic heterocycles. The lowest BCUT2D eigenvalue weighted by molar-refractivity contribution is 0.0690. The zero-order valence-corrected chi connectivity index (χ0v) is 15.4. The zero-order chi connectivity index (χ0) is 18.0. The number of imidazole rings is 1. The van der Waals surface area contributed by atoms with Crippen molar-refractivity contribution in [1.29, 1.82) is 0 Å². The van der Waals surface area contributed by atoms with E-state index >= 15 is 0 Å². The highest BCUT2D eigenvalue weighted by Crippen LogP contribution is 2.22. The van der Waals surface area contributed by atoms with E-state index in [0.717, 1.165) is 23.1 Å². The summed E-state index contributed by atoms with van der Waals surface area (Å²) < 4.78 is 1.92. The summed E-state index contributed by atoms with van der Waals surface area (Å²) >= 11 is 6.17. The van der Waals surface area contributed by atoms with Gasteiger partial charge in [0, 0.05) is 37.1 Å². The highest BCUT2D eigenvalue weighted by atomic mass is 35.5. The summed E-state index contributed by atoms with van der Waals surface area (Å²) in [6.07, 6.45) is 3.52. The van der Waals surface area contributed by atoms with Crippen LogP contribution in [-0.2, 0) is 13.1 Å². The van der Waals surface area contributed by atoms with Crippen LogP contribution in [0, 0.1) is 0 Å². The molecule has 0 aliphatic carbocycles. The van der Waals surface area contributed by atoms with Crippen LogP contribution in [0.4, 0.5) is 0 Å². The molecule has 6 heteroatoms. The molecular weight excluding hydrogens is 336 g/mol. The number of rotatable bonds is 5. The van der Waals surface area contributed by atoms with Gasteiger partial charge in [0.05, 0.1) is 11.0 Å². The van der Waals surface area contributed by atoms with Crippen molar-refractivity contribution in [2.24, 2.45) is 0 Å². The van der Waals surface area contributed by atoms with Crippen LogP contribution < -0.4 is 0 Å². The normalized spacial score (nSPS) is 11.2. The molecule has 0 bridgehead atoms. The molecule has 25 heavy (non-hydrogen) atoms. The second-order valence-electron chi connectivity index (χ2n) is 6.22. The van der Waals surface area contributed by atoms with Gasteiger partial charge in [-0.25, -0.2) is 4.98 Å². The zero-order valence-electron chi connectivity index (χ0n) is 14.6. The number of halogens is 1. The molecule has 2 aromatic heterocycles. The van der Waals surface area contributed by atoms with Crippen molar-refractivity contribution in [2.45, 2.75) is 39.9 Å². The van der Waals surface area contributed by atoms with E-state index in [1.54, 1.807) is 12.4 Å². The first kappa shape index (κ1) is 17.4. The lowest BCUT2D eigenvalue weighted by Gasteiger charge is -2.27. The number of aromatic nitrogens is 3. The summed E-state index contributed by atoms with van der Waals surface area (Å²) in [5.41, 5.74) is 3.29. The highest BCUT2D eigenvalue weighted by Gasteiger charge is 2.20. The second-order valence-corrected chi connectivity index (χ2v) is 6.55. The largest absolute Gasteiger partial charge is 0.332 e. The van der Waals surface area contributed by atoms with Gasteiger partial charge in [0.1, 0.15) is 0 Å². The first-order valence-electron chi connectivity index (χ1n) is 8.37. The lowest BCUT2D eigenvalue weighted by Crippen LogP contribution is -2.36. The van der Waals surface area contributed by atoms with E-state index in [2.05, 4.69) is 9.97 Å². The van der Waals surface area contributed by atoms with Gasteiger partial charge in [-0.2, -0.15) is 0 Å². The van der Waals surface area contributed by atoms with Crippen LogP contribution in [0.2, 0.25) is 5.28 Å². The smallest absolute Gasteiger partial charge is 0.254 e. The summed E-state index contributed by atoms with van der Waals surface area (Å²) in [6.45, 7) is 7.29. The number of nitrogens with zero attached hydrogens (tertiary/aromatic N) is 4. The standard InChI is InChI=1S/C19H21ClN4O/c1-4-23-17-8-7-15(10-16(17)22-19(23)20)18(25)24(13(2)3)12-14-6-5-9-21-11-14/h5-11,13H,4,12H2,1-3H3. The van der Waals surface area contributed by atoms with Gasteiger partial charge in [0.2, 0.25) is 5.28 Å². The molecule has 3 aromatic rings. The molecule has 1 amide bonds. The predicted molar refractivity (Wildman–Crippen MR) is 99.7 cm³/mol. The molecule has 5 nitrogen and oxygen atoms in total. The maximum absolute atomic E-state index is 13.0. The molecule has 0 spiro atoms. The minimum atomic E-state index is -0.0251. The number of carbonyl (C=O) groups excluding carboxylic acids is 1. The molecule has 1 aromatic carbocycles. The van der Waals surface area contributed by atoms with Crippen molar-refractivity contribution in [1.82, 2.24) is 19.4 Å². The number of hydrogen-bond acceptors (Lipinski definition) is 3. The predicted octanol–water partition coefficient (Wildman–Crippen LogP) is 4.16. The fraction of sp³-hybridized carbons (Fsp3) is 0.316. The van der Waals surface area contributed by atoms with Gasteiger partial charge in [-0.05, 0) is 62.2 Å². The Morgan fingerprint density at radius 3 is 2.76 bits per heavy atom. The number of aryl methyl sites for hydroxylation is 1. The van der Waals surface area contributed by atoms with Gasteiger partial charge in [-0.15, -0.1) is 0 Å². The fourth-order valence-corrected chi connectivity index (χ4v) is 3.18. The Hall–Kier alpha value is -2.40. The molecule has 0 unspecified atom stereocenters. The Morgan fingerprint density at radius 2 is 2.12 bits per heavy atom. The maximum atomic E-state index is 13.0. The van der Waals surface area contributed by atoms with E-state index in [-0.39, 0.29) is 11.9 Å². The maximum Gasteiger partial charge on any atom is 0.254 e. The quantitative estimate of drug-likeness (QED) is 0.689. The molecule has 0 atom stereocenters. The molecule has 3 rings (SSSR count). The van der Waals surface area contributed by atoms with Crippen LogP contribution in [0.15, 0.2) is 42.7 Å². The van der Waals surface area contributed by atoms with Crippen molar-refractivity contribution >= 4 is 28.5 Å². The number of carbonyl (C=O) groups is 1. The Morgan fingerprint density at radius 1 is 1.32 bits per heavy atom. The average molecular weight is 357 g/mol. The van der Waals surface area contributed by atoms with E-state index in [0.29, 0.717) is 17.4 Å². The Bertz CT molecular complexity index is 889. The van der Waals surface area contributed by atoms with Gasteiger partial charge in [0.15, 0.2) is 0 Å². The fourth-order valence-electron chi connectivity index (χ4n) is 2.88. The van der Waals surface area contributed by atoms with E-state index < -0.39 is 0 Å². The first-order valence-corrected chi connectivity index (χ1v) is 8.74. The Labute approximate surface area is 152 Å². The number of pyridine rings is 1. The highest BCUT2D eigenvalue weighted by molar-refractivity contribution is 6.29. The number of fused-ring (bicyclic) bond motifs is 1. The molecule has 0 radical (unpaired) electrons. The third-order valence-electron chi connectivity index (χ3n) is 4.22. The van der Waals surface area contributed by atoms with E-state index in [9.17, 15) is 4.79 Å². The summed E-state index contributed by atoms with van der Waals surface area (Å²) in [4.78, 5) is 23.4. The van der Waals surface area contributed by atoms with Crippen LogP contribution in [0.25, 0.3) is 11.0 Å². The van der Waals surface area contributed by atoms with Gasteiger partial charge in [-0.3, -0.25) is 9.78 Å². The molecule has 0 fully saturated rings. The van der Waals surface area contributed by atoms with Crippen molar-refractivity contribution < 1.29 is 4.79 Å². The Balaban J connectivity index is 1.93. The topological polar surface area (TPSA) is 51.0 Å². The van der Waals surface area contributed by atoms with Crippen LogP contribution in [0.5, 0.6) is 0 Å². The number of benzene rings is 1. The molecule has 0 aliphatic rings. The summed E-state index contributed by atoms with van der Waals surface area (Å²) in [6, 6.07) is 9.49. The minimum Gasteiger partial charge on any atom is -0.332 e. The van der Waals surface area contributed by atoms with Crippen LogP contribution >= 0.6 is 11.6 Å². The monoisotopic (exact) mass is 356 g/mol. The van der Waals surface area contributed by atoms with Crippen molar-refractivity contribution in [3.8, 4) is 0 Å². The van der Waals surface area contributed by atoms with Crippen molar-refractivity contribution in [3.05, 3.63) is 59.1 Å². The Kier molecular flexibility index (Phi) is 5.04. The van der Waals surface area contributed by atoms with Crippen molar-refractivity contribution in [2.75, 3.05) is 0 Å². The molecule has 0 saturated carbocycles. The molecule has 0 N–H and O–H groups in total. The van der Waals surface area contributed by atoms with E-state index in [1.165, 1.54) is 0 Å². The molecule has 130 valence electrons. The second kappa shape index (κ2) is 7.23. The van der Waals surface area contributed by atoms with Gasteiger partial charge in [-0.1, -0.05) is 6.07 Å². The first-order chi connectivity index (χ1) is 12.0. The van der Waals surface area contributed by atoms with Crippen LogP contribution in [0.3, 0.4) is 0 Å². The molecule has 0 saturated heterocycles. The molecular formula is C19H21ClN4O. The van der Waals surface area contributed by atoms with E-state index in [1.807, 2.05) is 60.6 Å². The summed E-state index contributed by atoms with van der Waals surface area (Å²) in [5.74, 6) is -0.0251. The summed E-state index contributed by atoms with van der Waals surface area (Å²) in [7, 11) is 0. The van der Waals surface area contributed by atoms with Crippen LogP contribution in [0.1, 0.15) is 36.7 Å². The minimum absolute atomic E-state index is 0.0251. The molecule has 2 heterocycles. The lowest BCUT2D eigenvalue weighted by atomic mass is 10.1. The third kappa shape index (κ3) is 3.51. The van der Waals surface area contributed by atoms with Crippen molar-refractivity contribution in [3.63, 3.8) is 0 Å². The third-order valence-corrected chi connectivity index (χ3v) is 4.51. The summed E-state index contributed by atoms with van der Waals surface area (Å²) in [5, 5.41) is 0.443. The SMILES string of the molecule is CCn1c(Cl)nc2cc(C(=O)N(Cc3cccnc3)C(C)C)ccc21. The van der Waals surface area contributed by atoms with Gasteiger partial charge >= 0.3 is 0 Å². The average Bonchev–Trinajstić information content (AvgIpc) is 2.93. The number of amides is 1. The van der Waals surface area contributed by atoms with Crippen LogP contribution in [-0.4, -0.2) is 31.4 Å². The van der Waals surface area contributed by atoms with Gasteiger partial charge in [0.25, 0.3) is 5.91 Å².